The topological polar surface area (TPSA) is 49.4 Å². The lowest BCUT2D eigenvalue weighted by Crippen LogP contribution is -2.43. The summed E-state index contributed by atoms with van der Waals surface area (Å²) in [5.74, 6) is -0.472. The van der Waals surface area contributed by atoms with E-state index in [4.69, 9.17) is 0 Å². The molecular weight excluding hydrogens is 331 g/mol. The van der Waals surface area contributed by atoms with Gasteiger partial charge in [-0.2, -0.15) is 0 Å². The van der Waals surface area contributed by atoms with Gasteiger partial charge >= 0.3 is 0 Å². The van der Waals surface area contributed by atoms with E-state index in [2.05, 4.69) is 5.32 Å². The van der Waals surface area contributed by atoms with Crippen molar-refractivity contribution in [3.8, 4) is 0 Å². The zero-order chi connectivity index (χ0) is 19.1. The first-order chi connectivity index (χ1) is 12.4. The summed E-state index contributed by atoms with van der Waals surface area (Å²) in [6.07, 6.45) is 0. The van der Waals surface area contributed by atoms with Crippen molar-refractivity contribution < 1.29 is 14.0 Å². The summed E-state index contributed by atoms with van der Waals surface area (Å²) < 4.78 is 13.2. The molecule has 1 N–H and O–H groups in total. The maximum absolute atomic E-state index is 13.2. The number of carbonyl (C=O) groups is 2. The molecule has 2 amide bonds. The number of nitrogens with one attached hydrogen (secondary N) is 1. The van der Waals surface area contributed by atoms with Gasteiger partial charge in [0.2, 0.25) is 11.8 Å². The second-order valence-corrected chi connectivity index (χ2v) is 6.73. The molecule has 0 saturated heterocycles. The van der Waals surface area contributed by atoms with Crippen LogP contribution in [0.4, 0.5) is 4.39 Å². The van der Waals surface area contributed by atoms with Crippen LogP contribution in [0.3, 0.4) is 0 Å². The molecule has 2 aromatic rings. The minimum Gasteiger partial charge on any atom is -0.354 e. The Morgan fingerprint density at radius 2 is 1.65 bits per heavy atom. The zero-order valence-corrected chi connectivity index (χ0v) is 15.4. The largest absolute Gasteiger partial charge is 0.354 e. The molecule has 138 valence electrons. The van der Waals surface area contributed by atoms with E-state index >= 15 is 0 Å². The minimum absolute atomic E-state index is 0.220. The predicted octanol–water partition coefficient (Wildman–Crippen LogP) is 3.69. The highest BCUT2D eigenvalue weighted by Gasteiger charge is 2.29. The number of hydrogen-bond acceptors (Lipinski definition) is 2. The third kappa shape index (κ3) is 5.41. The van der Waals surface area contributed by atoms with E-state index < -0.39 is 6.04 Å². The first kappa shape index (κ1) is 19.6. The van der Waals surface area contributed by atoms with Gasteiger partial charge < -0.3 is 10.2 Å². The van der Waals surface area contributed by atoms with Gasteiger partial charge in [0.05, 0.1) is 0 Å². The molecule has 0 aliphatic rings. The van der Waals surface area contributed by atoms with E-state index in [0.717, 1.165) is 11.1 Å². The second-order valence-electron chi connectivity index (χ2n) is 6.73. The van der Waals surface area contributed by atoms with Crippen LogP contribution in [0.1, 0.15) is 37.9 Å². The molecule has 0 heterocycles. The van der Waals surface area contributed by atoms with Gasteiger partial charge in [-0.15, -0.1) is 0 Å². The van der Waals surface area contributed by atoms with Crippen LogP contribution in [-0.4, -0.2) is 23.3 Å². The molecule has 26 heavy (non-hydrogen) atoms. The number of halogens is 1. The Balaban J connectivity index is 2.33. The Hall–Kier alpha value is -2.69. The van der Waals surface area contributed by atoms with E-state index in [0.29, 0.717) is 12.5 Å². The predicted molar refractivity (Wildman–Crippen MR) is 99.7 cm³/mol. The van der Waals surface area contributed by atoms with Crippen LogP contribution < -0.4 is 5.32 Å². The van der Waals surface area contributed by atoms with E-state index in [9.17, 15) is 14.0 Å². The third-order valence-electron chi connectivity index (χ3n) is 4.03. The maximum atomic E-state index is 13.2. The van der Waals surface area contributed by atoms with Gasteiger partial charge in [0.1, 0.15) is 11.9 Å². The quantitative estimate of drug-likeness (QED) is 0.823. The van der Waals surface area contributed by atoms with Crippen LogP contribution in [0, 0.1) is 11.7 Å². The summed E-state index contributed by atoms with van der Waals surface area (Å²) in [5.41, 5.74) is 1.50. The first-order valence-electron chi connectivity index (χ1n) is 8.72. The Labute approximate surface area is 154 Å². The average Bonchev–Trinajstić information content (AvgIpc) is 2.62. The molecular formula is C21H25FN2O2. The van der Waals surface area contributed by atoms with Crippen LogP contribution in [0.25, 0.3) is 0 Å². The molecule has 4 nitrogen and oxygen atoms in total. The maximum Gasteiger partial charge on any atom is 0.247 e. The lowest BCUT2D eigenvalue weighted by molar-refractivity contribution is -0.140. The van der Waals surface area contributed by atoms with Crippen LogP contribution in [0.2, 0.25) is 0 Å². The van der Waals surface area contributed by atoms with Gasteiger partial charge in [0.15, 0.2) is 0 Å². The Morgan fingerprint density at radius 1 is 1.04 bits per heavy atom. The number of amides is 2. The highest BCUT2D eigenvalue weighted by Crippen LogP contribution is 2.24. The van der Waals surface area contributed by atoms with Crippen molar-refractivity contribution in [1.82, 2.24) is 10.2 Å². The molecule has 0 aliphatic carbocycles. The van der Waals surface area contributed by atoms with Gasteiger partial charge in [0, 0.05) is 20.0 Å². The van der Waals surface area contributed by atoms with Gasteiger partial charge in [-0.1, -0.05) is 56.3 Å². The van der Waals surface area contributed by atoms with E-state index in [-0.39, 0.29) is 24.2 Å². The molecule has 2 aromatic carbocycles. The van der Waals surface area contributed by atoms with Crippen molar-refractivity contribution in [3.05, 3.63) is 71.5 Å². The number of rotatable bonds is 7. The molecule has 0 saturated carbocycles. The molecule has 1 atom stereocenters. The lowest BCUT2D eigenvalue weighted by atomic mass is 10.0. The fourth-order valence-corrected chi connectivity index (χ4v) is 2.68. The van der Waals surface area contributed by atoms with Crippen LogP contribution in [-0.2, 0) is 16.1 Å². The molecule has 0 radical (unpaired) electrons. The number of nitrogens with zero attached hydrogens (tertiary/aromatic N) is 1. The zero-order valence-electron chi connectivity index (χ0n) is 15.4. The standard InChI is InChI=1S/C21H25FN2O2/c1-15(2)13-23-21(26)20(18-7-5-4-6-8-18)24(16(3)25)14-17-9-11-19(22)12-10-17/h4-12,15,20H,13-14H2,1-3H3,(H,23,26)/t20-/m1/s1. The summed E-state index contributed by atoms with van der Waals surface area (Å²) in [6, 6.07) is 14.4. The van der Waals surface area contributed by atoms with E-state index in [1.807, 2.05) is 44.2 Å². The van der Waals surface area contributed by atoms with Crippen LogP contribution in [0.15, 0.2) is 54.6 Å². The Bertz CT molecular complexity index is 729. The van der Waals surface area contributed by atoms with Crippen LogP contribution >= 0.6 is 0 Å². The fourth-order valence-electron chi connectivity index (χ4n) is 2.68. The summed E-state index contributed by atoms with van der Waals surface area (Å²) in [5, 5.41) is 2.92. The van der Waals surface area contributed by atoms with E-state index in [1.54, 1.807) is 12.1 Å². The normalized spacial score (nSPS) is 11.9. The number of benzene rings is 2. The molecule has 0 unspecified atom stereocenters. The number of carbonyl (C=O) groups excluding carboxylic acids is 2. The molecule has 0 spiro atoms. The Morgan fingerprint density at radius 3 is 2.19 bits per heavy atom. The summed E-state index contributed by atoms with van der Waals surface area (Å²) in [6.45, 7) is 6.22. The second kappa shape index (κ2) is 9.13. The molecule has 5 heteroatoms. The summed E-state index contributed by atoms with van der Waals surface area (Å²) in [7, 11) is 0. The third-order valence-corrected chi connectivity index (χ3v) is 4.03. The van der Waals surface area contributed by atoms with Gasteiger partial charge in [-0.3, -0.25) is 9.59 Å². The van der Waals surface area contributed by atoms with Crippen molar-refractivity contribution in [2.75, 3.05) is 6.54 Å². The monoisotopic (exact) mass is 356 g/mol. The summed E-state index contributed by atoms with van der Waals surface area (Å²) in [4.78, 5) is 26.7. The smallest absolute Gasteiger partial charge is 0.247 e. The molecule has 2 rings (SSSR count). The van der Waals surface area contributed by atoms with Gasteiger partial charge in [0.25, 0.3) is 0 Å². The van der Waals surface area contributed by atoms with Crippen molar-refractivity contribution in [2.24, 2.45) is 5.92 Å². The van der Waals surface area contributed by atoms with Crippen LogP contribution in [0.5, 0.6) is 0 Å². The first-order valence-corrected chi connectivity index (χ1v) is 8.72. The Kier molecular flexibility index (Phi) is 6.89. The summed E-state index contributed by atoms with van der Waals surface area (Å²) >= 11 is 0. The van der Waals surface area contributed by atoms with E-state index in [1.165, 1.54) is 24.0 Å². The average molecular weight is 356 g/mol. The molecule has 0 fully saturated rings. The molecule has 0 aliphatic heterocycles. The van der Waals surface area contributed by atoms with Gasteiger partial charge in [-0.25, -0.2) is 4.39 Å². The molecule has 0 bridgehead atoms. The van der Waals surface area contributed by atoms with Crippen molar-refractivity contribution in [1.29, 1.82) is 0 Å². The highest BCUT2D eigenvalue weighted by atomic mass is 19.1. The molecule has 0 aromatic heterocycles. The SMILES string of the molecule is CC(=O)N(Cc1ccc(F)cc1)[C@@H](C(=O)NCC(C)C)c1ccccc1. The van der Waals surface area contributed by atoms with Crippen molar-refractivity contribution in [2.45, 2.75) is 33.4 Å². The van der Waals surface area contributed by atoms with Gasteiger partial charge in [-0.05, 0) is 29.2 Å². The van der Waals surface area contributed by atoms with Crippen molar-refractivity contribution >= 4 is 11.8 Å². The minimum atomic E-state index is -0.738. The highest BCUT2D eigenvalue weighted by molar-refractivity contribution is 5.88. The number of hydrogen-bond donors (Lipinski definition) is 1. The lowest BCUT2D eigenvalue weighted by Gasteiger charge is -2.31. The van der Waals surface area contributed by atoms with Crippen molar-refractivity contribution in [3.63, 3.8) is 0 Å². The fraction of sp³-hybridized carbons (Fsp3) is 0.333.